The third kappa shape index (κ3) is 27.3. The van der Waals surface area contributed by atoms with Crippen molar-refractivity contribution in [1.29, 1.82) is 0 Å². The van der Waals surface area contributed by atoms with Gasteiger partial charge in [-0.3, -0.25) is 32.0 Å². The number of hydrogen-bond acceptors (Lipinski definition) is 27. The van der Waals surface area contributed by atoms with Crippen molar-refractivity contribution < 1.29 is 125 Å². The largest absolute Gasteiger partial charge is 0.447 e. The summed E-state index contributed by atoms with van der Waals surface area (Å²) in [6.07, 6.45) is -7.65. The van der Waals surface area contributed by atoms with E-state index in [0.29, 0.717) is 26.2 Å². The van der Waals surface area contributed by atoms with Gasteiger partial charge in [-0.1, -0.05) is 7.43 Å². The maximum atomic E-state index is 15.4. The van der Waals surface area contributed by atoms with Crippen LogP contribution < -0.4 is 0 Å². The predicted molar refractivity (Wildman–Crippen MR) is 434 cm³/mol. The number of aliphatic hydroxyl groups excluding tert-OH is 1. The van der Waals surface area contributed by atoms with Gasteiger partial charge in [0.05, 0.1) is 170 Å². The van der Waals surface area contributed by atoms with Gasteiger partial charge in [-0.2, -0.15) is 0 Å². The zero-order valence-electron chi connectivity index (χ0n) is 73.4. The monoisotopic (exact) mass is 1800 g/mol. The van der Waals surface area contributed by atoms with Gasteiger partial charge in [0, 0.05) is 118 Å². The Hall–Kier alpha value is -0.400. The molecule has 0 spiro atoms. The molecular formula is C66H141N16O26P7. The molecule has 8 heterocycles. The number of likely N-dealkylation sites (N-methyl/N-ethyl adjacent to an activating group) is 1. The molecule has 0 aromatic rings. The number of nitrogens with zero attached hydrogens (tertiary/aromatic N) is 16. The zero-order valence-corrected chi connectivity index (χ0v) is 76.7. The van der Waals surface area contributed by atoms with E-state index in [2.05, 4.69) is 0 Å². The van der Waals surface area contributed by atoms with Crippen LogP contribution in [0, 0.1) is 0 Å². The number of carbonyl (C=O) groups is 1. The standard InChI is InChI=1S/C65H137N16O26P7.CH4/c1-54-37-79(43-61(104-54)50-100-108(84,66(5)6)75-22-20-74(21-23-75)65(83)96-35-34-92-33-32-91-31-27-82)112(88,70(13)14)99-49-60-42-76(25-29-95-60)109(85,67(7)8)97-48-59-41-77(26-30-94-59)110(86,68(9)10)101-51-62-44-80(38-56(3)105-62)113(89,71(15)16)103-53-64-46-81(39-57(4)107-64)114(90,72(17)18)102-52-63-45-78(36-55(2)106-63)111(87,69(11)12)98-47-58-40-73(19)24-28-93-58;/h54-64,82H,20-53H2,1-19H3;1H4/t54-,55-,56-,57-,58-,59-,60-,61-,62-,63-,64-,108?,109?,110?,111?,112?,113?,114?;/m0./s1/i28T,29T,30T;/t28-,29+,30+,54-,55-,56-,57-,58-,59-,60-,61-,62-,63-,64-,108?,109?,110?,111?,112?,113?,114?;. The number of morpholine rings is 7. The fourth-order valence-corrected chi connectivity index (χ4v) is 28.3. The summed E-state index contributed by atoms with van der Waals surface area (Å²) < 4.78 is 258. The Labute approximate surface area is 688 Å². The molecule has 0 bridgehead atoms. The van der Waals surface area contributed by atoms with E-state index in [9.17, 15) is 13.9 Å². The van der Waals surface area contributed by atoms with Crippen LogP contribution in [0.4, 0.5) is 4.79 Å². The van der Waals surface area contributed by atoms with Crippen molar-refractivity contribution in [1.82, 2.24) is 75.2 Å². The van der Waals surface area contributed by atoms with Gasteiger partial charge < -0.3 is 93.9 Å². The van der Waals surface area contributed by atoms with E-state index >= 15 is 22.8 Å². The van der Waals surface area contributed by atoms with Crippen molar-refractivity contribution in [3.8, 4) is 0 Å². The molecule has 21 atom stereocenters. The molecule has 8 fully saturated rings. The number of ether oxygens (including phenoxy) is 10. The first-order valence-electron chi connectivity index (χ1n) is 40.6. The Morgan fingerprint density at radius 3 is 0.896 bits per heavy atom. The highest BCUT2D eigenvalue weighted by molar-refractivity contribution is 7.55. The second kappa shape index (κ2) is 46.2. The predicted octanol–water partition coefficient (Wildman–Crippen LogP) is 4.30. The van der Waals surface area contributed by atoms with Crippen LogP contribution in [0.2, 0.25) is 0 Å². The average Bonchev–Trinajstić information content (AvgIpc) is 0.791. The minimum atomic E-state index is -4.06. The normalized spacial score (nSPS) is 33.2. The lowest BCUT2D eigenvalue weighted by Gasteiger charge is -2.45. The van der Waals surface area contributed by atoms with Gasteiger partial charge in [0.15, 0.2) is 0 Å². The molecule has 115 heavy (non-hydrogen) atoms. The first-order valence-corrected chi connectivity index (χ1v) is 49.6. The van der Waals surface area contributed by atoms with E-state index < -0.39 is 147 Å². The number of amides is 1. The number of aliphatic hydroxyl groups is 1. The first-order chi connectivity index (χ1) is 54.9. The summed E-state index contributed by atoms with van der Waals surface area (Å²) >= 11 is 0. The van der Waals surface area contributed by atoms with Crippen LogP contribution in [0.15, 0.2) is 0 Å². The molecule has 0 aromatic heterocycles. The average molecular weight is 1800 g/mol. The van der Waals surface area contributed by atoms with Crippen LogP contribution in [0.1, 0.15) is 39.2 Å². The molecule has 8 aliphatic heterocycles. The van der Waals surface area contributed by atoms with Crippen molar-refractivity contribution in [3.05, 3.63) is 0 Å². The Balaban J connectivity index is 0.0000192. The Morgan fingerprint density at radius 2 is 0.600 bits per heavy atom. The van der Waals surface area contributed by atoms with Gasteiger partial charge in [0.2, 0.25) is 0 Å². The van der Waals surface area contributed by atoms with Gasteiger partial charge in [-0.25, -0.2) is 70.2 Å². The summed E-state index contributed by atoms with van der Waals surface area (Å²) in [6.45, 7) is 6.19. The van der Waals surface area contributed by atoms with Gasteiger partial charge >= 0.3 is 59.8 Å². The Bertz CT molecular complexity index is 3440. The minimum Gasteiger partial charge on any atom is -0.447 e. The highest BCUT2D eigenvalue weighted by Crippen LogP contribution is 2.61. The molecular weight excluding hydrogens is 1650 g/mol. The lowest BCUT2D eigenvalue weighted by molar-refractivity contribution is -0.0917. The summed E-state index contributed by atoms with van der Waals surface area (Å²) in [5, 5.41) is 8.84. The molecule has 8 aliphatic rings. The van der Waals surface area contributed by atoms with Crippen LogP contribution in [0.3, 0.4) is 0 Å². The molecule has 676 valence electrons. The van der Waals surface area contributed by atoms with Crippen LogP contribution in [-0.4, -0.2) is 483 Å². The summed E-state index contributed by atoms with van der Waals surface area (Å²) in [6, 6.07) is 0. The molecule has 0 radical (unpaired) electrons. The summed E-state index contributed by atoms with van der Waals surface area (Å²) in [5.41, 5.74) is 0. The number of hydrogen-bond donors (Lipinski definition) is 1. The minimum absolute atomic E-state index is 0. The summed E-state index contributed by atoms with van der Waals surface area (Å²) in [4.78, 5) is 16.4. The van der Waals surface area contributed by atoms with Crippen LogP contribution >= 0.6 is 53.7 Å². The molecule has 8 saturated heterocycles. The van der Waals surface area contributed by atoms with Crippen molar-refractivity contribution in [2.24, 2.45) is 0 Å². The van der Waals surface area contributed by atoms with Crippen LogP contribution in [0.25, 0.3) is 0 Å². The Morgan fingerprint density at radius 1 is 0.348 bits per heavy atom. The van der Waals surface area contributed by atoms with Gasteiger partial charge in [-0.05, 0) is 133 Å². The SMILES string of the molecule is C.[3H][C@@H]1CN(P(=O)(OC[C@@H]2CN(P(=O)(OC[C@@H]3CN(P(=O)(OC[C@@H]4CN(P(=O)(OC[C@@H]5CN(P(=O)(OC[C@@H]6CN(C)C[C@H]([3H])O6)N(C)C)C[C@H](C)O5)N(C)C)C[C@H](C)O4)N(C)C)C[C@H](C)O3)N(C)C)C[C@@H]([3H])O2)N(C)C)C[C@@H](COP(=O)(N(C)C)N2C[C@@H](COP(=O)(N(C)C)N3CCN(C(=O)OCCOCCOCCO)CC3)O[C@@H](C)C2)O1. The van der Waals surface area contributed by atoms with E-state index in [0.717, 1.165) is 0 Å². The second-order valence-electron chi connectivity index (χ2n) is 30.9. The van der Waals surface area contributed by atoms with Crippen molar-refractivity contribution in [2.75, 3.05) is 329 Å². The van der Waals surface area contributed by atoms with Gasteiger partial charge in [-0.15, -0.1) is 0 Å². The third-order valence-electron chi connectivity index (χ3n) is 20.0. The van der Waals surface area contributed by atoms with E-state index in [-0.39, 0.29) is 185 Å². The molecule has 1 N–H and O–H groups in total. The van der Waals surface area contributed by atoms with Crippen molar-refractivity contribution in [3.63, 3.8) is 0 Å². The van der Waals surface area contributed by atoms with Crippen LogP contribution in [0.5, 0.6) is 0 Å². The smallest absolute Gasteiger partial charge is 0.409 e. The summed E-state index contributed by atoms with van der Waals surface area (Å²) in [7, 11) is -2.36. The first kappa shape index (κ1) is 96.8. The lowest BCUT2D eigenvalue weighted by atomic mass is 10.2. The lowest BCUT2D eigenvalue weighted by Crippen LogP contribution is -2.51. The quantitative estimate of drug-likeness (QED) is 0.0657. The van der Waals surface area contributed by atoms with E-state index in [1.54, 1.807) is 127 Å². The topological polar surface area (TPSA) is 366 Å². The van der Waals surface area contributed by atoms with Crippen LogP contribution in [-0.2, 0) is 111 Å². The molecule has 0 aliphatic carbocycles. The number of piperazine rings is 1. The molecule has 7 unspecified atom stereocenters. The maximum Gasteiger partial charge on any atom is 0.409 e. The third-order valence-corrected chi connectivity index (χ3v) is 37.8. The van der Waals surface area contributed by atoms with E-state index in [4.69, 9.17) is 88.3 Å². The number of rotatable bonds is 43. The molecule has 0 aromatic carbocycles. The highest BCUT2D eigenvalue weighted by atomic mass is 31.2. The Kier molecular flexibility index (Phi) is 38.9. The van der Waals surface area contributed by atoms with Gasteiger partial charge in [0.1, 0.15) is 6.61 Å². The fraction of sp³-hybridized carbons (Fsp3) is 0.985. The fourth-order valence-electron chi connectivity index (χ4n) is 14.2. The molecule has 1 amide bonds. The zero-order chi connectivity index (χ0) is 86.3. The molecule has 49 heteroatoms. The maximum absolute atomic E-state index is 15.4. The van der Waals surface area contributed by atoms with Crippen molar-refractivity contribution >= 4 is 59.8 Å². The number of carbonyl (C=O) groups excluding carboxylic acids is 1. The highest BCUT2D eigenvalue weighted by Gasteiger charge is 2.51. The molecule has 8 rings (SSSR count). The second-order valence-corrected chi connectivity index (χ2v) is 49.2. The van der Waals surface area contributed by atoms with E-state index in [1.165, 1.54) is 42.3 Å². The molecule has 0 saturated carbocycles. The molecule has 42 nitrogen and oxygen atoms in total. The summed E-state index contributed by atoms with van der Waals surface area (Å²) in [5.74, 6) is 0. The van der Waals surface area contributed by atoms with E-state index in [1.807, 2.05) is 39.6 Å². The van der Waals surface area contributed by atoms with Crippen molar-refractivity contribution in [2.45, 2.75) is 102 Å². The van der Waals surface area contributed by atoms with Gasteiger partial charge in [0.25, 0.3) is 0 Å².